The van der Waals surface area contributed by atoms with Gasteiger partial charge in [-0.15, -0.1) is 11.3 Å². The Bertz CT molecular complexity index is 2780. The van der Waals surface area contributed by atoms with Gasteiger partial charge in [-0.3, -0.25) is 24.0 Å². The van der Waals surface area contributed by atoms with Gasteiger partial charge in [-0.05, 0) is 104 Å². The number of hydrogen-bond acceptors (Lipinski definition) is 17. The van der Waals surface area contributed by atoms with Crippen molar-refractivity contribution in [2.75, 3.05) is 38.0 Å². The number of amides is 3. The van der Waals surface area contributed by atoms with Crippen LogP contribution in [0.4, 0.5) is 5.69 Å². The van der Waals surface area contributed by atoms with Crippen LogP contribution >= 0.6 is 11.3 Å². The predicted octanol–water partition coefficient (Wildman–Crippen LogP) is 3.54. The molecule has 5 N–H and O–H groups in total. The van der Waals surface area contributed by atoms with E-state index in [1.165, 1.54) is 37.8 Å². The summed E-state index contributed by atoms with van der Waals surface area (Å²) in [6.45, 7) is 17.2. The van der Waals surface area contributed by atoms with Gasteiger partial charge in [0.1, 0.15) is 14.2 Å². The second kappa shape index (κ2) is 22.2. The number of aromatic amines is 1. The van der Waals surface area contributed by atoms with Gasteiger partial charge in [-0.2, -0.15) is 0 Å². The fourth-order valence-corrected chi connectivity index (χ4v) is 12.2. The Kier molecular flexibility index (Phi) is 17.4. The number of nitrogens with one attached hydrogen (secondary N) is 3. The van der Waals surface area contributed by atoms with Crippen molar-refractivity contribution >= 4 is 90.1 Å². The number of carbonyl (C=O) groups is 7. The van der Waals surface area contributed by atoms with Gasteiger partial charge < -0.3 is 44.4 Å². The minimum Gasteiger partial charge on any atom is -0.451 e. The molecule has 0 bridgehead atoms. The quantitative estimate of drug-likeness (QED) is 0.0545. The number of likely N-dealkylation sites (N-methyl/N-ethyl adjacent to an activating group) is 2. The molecule has 0 saturated carbocycles. The molecule has 4 unspecified atom stereocenters. The fourth-order valence-electron chi connectivity index (χ4n) is 7.83. The number of rotatable bonds is 20. The fraction of sp³-hybridized carbons (Fsp3) is 0.489. The number of benzene rings is 1. The van der Waals surface area contributed by atoms with Crippen LogP contribution in [-0.4, -0.2) is 130 Å². The van der Waals surface area contributed by atoms with Gasteiger partial charge in [0.25, 0.3) is 17.7 Å². The van der Waals surface area contributed by atoms with Crippen LogP contribution in [0.25, 0.3) is 11.6 Å². The summed E-state index contributed by atoms with van der Waals surface area (Å²) in [4.78, 5) is 97.7. The summed E-state index contributed by atoms with van der Waals surface area (Å²) >= 11 is 0.496. The van der Waals surface area contributed by atoms with Crippen LogP contribution in [-0.2, 0) is 62.8 Å². The van der Waals surface area contributed by atoms with Gasteiger partial charge in [0.15, 0.2) is 28.1 Å². The molecule has 0 saturated heterocycles. The summed E-state index contributed by atoms with van der Waals surface area (Å²) in [7, 11) is -8.19. The minimum absolute atomic E-state index is 0.0210. The standard InChI is InChI=1S/C45H58N6O15S3/c1-10-50(11-2)18-17-47-41(55)39-24(5)34(48-25(39)6)21-31-30-20-29(13-14-33(30)49-40(31)54)66-37(53)16-15-36(52)63-27(8)43(57)65-28(9)44(58)64-26(7)42(56)51(12-3)35-19-23(4)68(59,60)45-32(35)22-38(67-45)69(46,61)62/h13-14,20-23,26-28,35,48H,10-12,15-19H2,1-9H3,(H,47,55)(H,49,54)(H2,46,61,62)/b31-21-/t23-,26?,27?,28?,35?/m1/s1. The summed E-state index contributed by atoms with van der Waals surface area (Å²) in [6.07, 6.45) is -4.00. The Hall–Kier alpha value is -5.95. The van der Waals surface area contributed by atoms with E-state index in [0.717, 1.165) is 26.1 Å². The number of anilines is 1. The number of hydrogen-bond donors (Lipinski definition) is 4. The number of aromatic nitrogens is 1. The maximum Gasteiger partial charge on any atom is 0.347 e. The van der Waals surface area contributed by atoms with Crippen molar-refractivity contribution in [2.45, 2.75) is 120 Å². The number of ether oxygens (including phenoxy) is 4. The smallest absolute Gasteiger partial charge is 0.347 e. The number of aryl methyl sites for hydroxylation is 1. The van der Waals surface area contributed by atoms with Crippen molar-refractivity contribution < 1.29 is 69.3 Å². The molecule has 1 aromatic carbocycles. The first-order valence-corrected chi connectivity index (χ1v) is 26.1. The zero-order valence-corrected chi connectivity index (χ0v) is 42.2. The number of thiophene rings is 1. The van der Waals surface area contributed by atoms with Crippen molar-refractivity contribution in [3.8, 4) is 5.75 Å². The number of esters is 4. The lowest BCUT2D eigenvalue weighted by Crippen LogP contribution is -2.46. The second-order valence-corrected chi connectivity index (χ2v) is 21.9. The highest BCUT2D eigenvalue weighted by Gasteiger charge is 2.44. The Balaban J connectivity index is 1.11. The Morgan fingerprint density at radius 3 is 2.17 bits per heavy atom. The predicted molar refractivity (Wildman–Crippen MR) is 252 cm³/mol. The van der Waals surface area contributed by atoms with Crippen LogP contribution in [0.5, 0.6) is 5.75 Å². The van der Waals surface area contributed by atoms with Crippen molar-refractivity contribution in [1.29, 1.82) is 0 Å². The highest BCUT2D eigenvalue weighted by Crippen LogP contribution is 2.45. The Labute approximate surface area is 404 Å². The molecule has 5 rings (SSSR count). The molecule has 69 heavy (non-hydrogen) atoms. The van der Waals surface area contributed by atoms with Gasteiger partial charge in [0, 0.05) is 47.8 Å². The van der Waals surface area contributed by atoms with Crippen molar-refractivity contribution in [2.24, 2.45) is 5.14 Å². The highest BCUT2D eigenvalue weighted by molar-refractivity contribution is 7.95. The summed E-state index contributed by atoms with van der Waals surface area (Å²) in [5.74, 6) is -5.38. The SMILES string of the molecule is CCN(CC)CCNC(=O)c1c(C)[nH]c(/C=C2\C(=O)Nc3ccc(OC(=O)CCC(=O)OC(C)C(=O)OC(C)C(=O)OC(C)C(=O)N(CC)C4C[C@@H](C)S(=O)(=O)c5sc(S(N)(=O)=O)cc54)cc32)c1C. The average Bonchev–Trinajstić information content (AvgIpc) is 3.96. The van der Waals surface area contributed by atoms with Crippen LogP contribution in [0.15, 0.2) is 32.7 Å². The number of nitrogens with zero attached hydrogens (tertiary/aromatic N) is 2. The molecule has 24 heteroatoms. The molecule has 5 atom stereocenters. The lowest BCUT2D eigenvalue weighted by atomic mass is 10.0. The molecule has 2 aromatic heterocycles. The summed E-state index contributed by atoms with van der Waals surface area (Å²) in [5, 5.41) is 10.0. The normalized spacial score (nSPS) is 18.0. The Morgan fingerprint density at radius 2 is 1.55 bits per heavy atom. The van der Waals surface area contributed by atoms with E-state index in [0.29, 0.717) is 58.2 Å². The van der Waals surface area contributed by atoms with E-state index >= 15 is 0 Å². The van der Waals surface area contributed by atoms with Crippen LogP contribution < -0.4 is 20.5 Å². The lowest BCUT2D eigenvalue weighted by Gasteiger charge is -2.37. The van der Waals surface area contributed by atoms with Gasteiger partial charge in [-0.25, -0.2) is 31.6 Å². The third-order valence-corrected chi connectivity index (χ3v) is 17.0. The first-order valence-electron chi connectivity index (χ1n) is 22.2. The maximum atomic E-state index is 13.6. The van der Waals surface area contributed by atoms with Crippen LogP contribution in [0.2, 0.25) is 0 Å². The lowest BCUT2D eigenvalue weighted by molar-refractivity contribution is -0.180. The third-order valence-electron chi connectivity index (χ3n) is 11.7. The second-order valence-electron chi connectivity index (χ2n) is 16.5. The number of primary sulfonamides is 1. The van der Waals surface area contributed by atoms with E-state index in [9.17, 15) is 50.4 Å². The molecule has 21 nitrogen and oxygen atoms in total. The van der Waals surface area contributed by atoms with Crippen molar-refractivity contribution in [3.05, 3.63) is 57.9 Å². The molecule has 2 aliphatic rings. The van der Waals surface area contributed by atoms with E-state index < -0.39 is 98.0 Å². The number of carbonyl (C=O) groups excluding carboxylic acids is 7. The molecular weight excluding hydrogens is 961 g/mol. The number of sulfonamides is 1. The number of H-pyrrole nitrogens is 1. The van der Waals surface area contributed by atoms with E-state index in [-0.39, 0.29) is 44.2 Å². The van der Waals surface area contributed by atoms with Crippen LogP contribution in [0.3, 0.4) is 0 Å². The Morgan fingerprint density at radius 1 is 0.928 bits per heavy atom. The molecule has 0 spiro atoms. The number of sulfone groups is 1. The topological polar surface area (TPSA) is 297 Å². The van der Waals surface area contributed by atoms with E-state index in [1.54, 1.807) is 32.9 Å². The van der Waals surface area contributed by atoms with E-state index in [2.05, 4.69) is 34.4 Å². The van der Waals surface area contributed by atoms with Gasteiger partial charge in [0.2, 0.25) is 10.0 Å². The number of nitrogens with two attached hydrogens (primary N) is 1. The van der Waals surface area contributed by atoms with Gasteiger partial charge in [-0.1, -0.05) is 13.8 Å². The molecule has 0 radical (unpaired) electrons. The third kappa shape index (κ3) is 12.5. The minimum atomic E-state index is -4.27. The molecule has 3 amide bonds. The molecular formula is C45H58N6O15S3. The molecule has 3 aromatic rings. The van der Waals surface area contributed by atoms with Gasteiger partial charge >= 0.3 is 23.9 Å². The van der Waals surface area contributed by atoms with Crippen molar-refractivity contribution in [1.82, 2.24) is 20.1 Å². The average molecular weight is 1020 g/mol. The molecule has 0 fully saturated rings. The first-order chi connectivity index (χ1) is 32.3. The number of fused-ring (bicyclic) bond motifs is 2. The monoisotopic (exact) mass is 1020 g/mol. The van der Waals surface area contributed by atoms with Crippen LogP contribution in [0, 0.1) is 13.8 Å². The summed E-state index contributed by atoms with van der Waals surface area (Å²) in [5.41, 5.74) is 3.53. The zero-order valence-electron chi connectivity index (χ0n) is 39.8. The summed E-state index contributed by atoms with van der Waals surface area (Å²) < 4.78 is 70.7. The maximum absolute atomic E-state index is 13.6. The van der Waals surface area contributed by atoms with Crippen LogP contribution in [0.1, 0.15) is 112 Å². The van der Waals surface area contributed by atoms with E-state index in [4.69, 9.17) is 24.1 Å². The molecule has 4 heterocycles. The van der Waals surface area contributed by atoms with E-state index in [1.807, 2.05) is 0 Å². The summed E-state index contributed by atoms with van der Waals surface area (Å²) in [6, 6.07) is 4.74. The van der Waals surface area contributed by atoms with Gasteiger partial charge in [0.05, 0.1) is 35.3 Å². The zero-order chi connectivity index (χ0) is 51.3. The van der Waals surface area contributed by atoms with Crippen molar-refractivity contribution in [3.63, 3.8) is 0 Å². The molecule has 376 valence electrons. The largest absolute Gasteiger partial charge is 0.451 e. The molecule has 0 aliphatic carbocycles. The molecule has 2 aliphatic heterocycles. The highest BCUT2D eigenvalue weighted by atomic mass is 32.3. The first kappa shape index (κ1) is 54.0.